The van der Waals surface area contributed by atoms with E-state index >= 15 is 0 Å². The van der Waals surface area contributed by atoms with E-state index in [-0.39, 0.29) is 0 Å². The van der Waals surface area contributed by atoms with Crippen molar-refractivity contribution in [2.24, 2.45) is 7.05 Å². The first-order valence-corrected chi connectivity index (χ1v) is 6.22. The van der Waals surface area contributed by atoms with E-state index in [1.54, 1.807) is 0 Å². The Balaban J connectivity index is 1.73. The first kappa shape index (κ1) is 11.6. The van der Waals surface area contributed by atoms with Crippen molar-refractivity contribution in [2.45, 2.75) is 32.4 Å². The lowest BCUT2D eigenvalue weighted by molar-refractivity contribution is 0.205. The van der Waals surface area contributed by atoms with Crippen LogP contribution in [0.2, 0.25) is 0 Å². The van der Waals surface area contributed by atoms with Crippen molar-refractivity contribution in [2.75, 3.05) is 19.6 Å². The van der Waals surface area contributed by atoms with Crippen LogP contribution in [-0.2, 0) is 13.6 Å². The zero-order valence-electron chi connectivity index (χ0n) is 10.3. The number of rotatable bonds is 4. The number of aromatic nitrogens is 2. The van der Waals surface area contributed by atoms with Crippen LogP contribution < -0.4 is 5.32 Å². The maximum atomic E-state index is 4.17. The van der Waals surface area contributed by atoms with Crippen LogP contribution in [0.4, 0.5) is 0 Å². The monoisotopic (exact) mass is 222 g/mol. The molecule has 1 aromatic rings. The molecule has 4 nitrogen and oxygen atoms in total. The minimum atomic E-state index is 0.678. The Labute approximate surface area is 97.6 Å². The molecule has 0 aromatic carbocycles. The zero-order chi connectivity index (χ0) is 11.4. The molecule has 0 radical (unpaired) electrons. The van der Waals surface area contributed by atoms with Gasteiger partial charge in [0, 0.05) is 25.8 Å². The van der Waals surface area contributed by atoms with Crippen LogP contribution in [0.25, 0.3) is 0 Å². The van der Waals surface area contributed by atoms with E-state index in [0.29, 0.717) is 6.04 Å². The number of aryl methyl sites for hydroxylation is 1. The maximum Gasteiger partial charge on any atom is 0.0518 e. The van der Waals surface area contributed by atoms with Crippen molar-refractivity contribution in [3.05, 3.63) is 18.0 Å². The topological polar surface area (TPSA) is 33.1 Å². The number of hydrogen-bond donors (Lipinski definition) is 1. The van der Waals surface area contributed by atoms with Crippen LogP contribution in [0.15, 0.2) is 12.3 Å². The van der Waals surface area contributed by atoms with Crippen molar-refractivity contribution in [3.8, 4) is 0 Å². The van der Waals surface area contributed by atoms with Gasteiger partial charge in [0.15, 0.2) is 0 Å². The van der Waals surface area contributed by atoms with Gasteiger partial charge in [0.2, 0.25) is 0 Å². The first-order chi connectivity index (χ1) is 7.79. The summed E-state index contributed by atoms with van der Waals surface area (Å²) in [6.07, 6.45) is 4.40. The Hall–Kier alpha value is -0.870. The van der Waals surface area contributed by atoms with E-state index in [2.05, 4.69) is 28.3 Å². The molecule has 1 aliphatic rings. The molecule has 0 amide bonds. The molecule has 16 heavy (non-hydrogen) atoms. The summed E-state index contributed by atoms with van der Waals surface area (Å²) in [6, 6.07) is 2.76. The molecule has 1 aliphatic heterocycles. The second-order valence-electron chi connectivity index (χ2n) is 4.54. The average molecular weight is 222 g/mol. The van der Waals surface area contributed by atoms with Gasteiger partial charge >= 0.3 is 0 Å². The van der Waals surface area contributed by atoms with Gasteiger partial charge in [-0.1, -0.05) is 6.92 Å². The third-order valence-electron chi connectivity index (χ3n) is 3.53. The Morgan fingerprint density at radius 1 is 1.44 bits per heavy atom. The van der Waals surface area contributed by atoms with Gasteiger partial charge in [0.25, 0.3) is 0 Å². The lowest BCUT2D eigenvalue weighted by Crippen LogP contribution is -2.42. The molecule has 4 heteroatoms. The van der Waals surface area contributed by atoms with Crippen LogP contribution in [0.5, 0.6) is 0 Å². The van der Waals surface area contributed by atoms with Crippen LogP contribution in [0, 0.1) is 0 Å². The second kappa shape index (κ2) is 5.46. The molecule has 0 aliphatic carbocycles. The van der Waals surface area contributed by atoms with Gasteiger partial charge in [-0.2, -0.15) is 5.10 Å². The fourth-order valence-electron chi connectivity index (χ4n) is 2.28. The second-order valence-corrected chi connectivity index (χ2v) is 4.54. The van der Waals surface area contributed by atoms with Gasteiger partial charge in [-0.25, -0.2) is 0 Å². The maximum absolute atomic E-state index is 4.17. The summed E-state index contributed by atoms with van der Waals surface area (Å²) in [6.45, 7) is 6.84. The summed E-state index contributed by atoms with van der Waals surface area (Å²) in [5.74, 6) is 0. The molecule has 90 valence electrons. The normalized spacial score (nSPS) is 19.1. The molecular formula is C12H22N4. The van der Waals surface area contributed by atoms with E-state index in [1.807, 2.05) is 17.9 Å². The SMILES string of the molecule is CCN1CCC(NCc2ccnn2C)CC1. The minimum absolute atomic E-state index is 0.678. The molecule has 2 rings (SSSR count). The predicted molar refractivity (Wildman–Crippen MR) is 65.2 cm³/mol. The summed E-state index contributed by atoms with van der Waals surface area (Å²) in [5, 5.41) is 7.80. The van der Waals surface area contributed by atoms with Crippen LogP contribution in [-0.4, -0.2) is 40.4 Å². The fraction of sp³-hybridized carbons (Fsp3) is 0.750. The zero-order valence-corrected chi connectivity index (χ0v) is 10.3. The highest BCUT2D eigenvalue weighted by Gasteiger charge is 2.17. The Kier molecular flexibility index (Phi) is 3.96. The Morgan fingerprint density at radius 2 is 2.19 bits per heavy atom. The fourth-order valence-corrected chi connectivity index (χ4v) is 2.28. The number of likely N-dealkylation sites (tertiary alicyclic amines) is 1. The first-order valence-electron chi connectivity index (χ1n) is 6.22. The highest BCUT2D eigenvalue weighted by atomic mass is 15.3. The summed E-state index contributed by atoms with van der Waals surface area (Å²) in [4.78, 5) is 2.52. The molecule has 1 N–H and O–H groups in total. The largest absolute Gasteiger partial charge is 0.308 e. The molecule has 1 aromatic heterocycles. The van der Waals surface area contributed by atoms with Gasteiger partial charge in [-0.3, -0.25) is 4.68 Å². The third kappa shape index (κ3) is 2.83. The van der Waals surface area contributed by atoms with Crippen molar-refractivity contribution in [1.82, 2.24) is 20.0 Å². The van der Waals surface area contributed by atoms with E-state index in [9.17, 15) is 0 Å². The van der Waals surface area contributed by atoms with Crippen molar-refractivity contribution in [3.63, 3.8) is 0 Å². The number of hydrogen-bond acceptors (Lipinski definition) is 3. The minimum Gasteiger partial charge on any atom is -0.308 e. The molecular weight excluding hydrogens is 200 g/mol. The molecule has 1 fully saturated rings. The summed E-state index contributed by atoms with van der Waals surface area (Å²) < 4.78 is 1.94. The van der Waals surface area contributed by atoms with E-state index < -0.39 is 0 Å². The van der Waals surface area contributed by atoms with E-state index in [0.717, 1.165) is 6.54 Å². The Morgan fingerprint density at radius 3 is 2.75 bits per heavy atom. The van der Waals surface area contributed by atoms with Crippen molar-refractivity contribution >= 4 is 0 Å². The van der Waals surface area contributed by atoms with Crippen molar-refractivity contribution in [1.29, 1.82) is 0 Å². The summed E-state index contributed by atoms with van der Waals surface area (Å²) >= 11 is 0. The molecule has 0 atom stereocenters. The predicted octanol–water partition coefficient (Wildman–Crippen LogP) is 0.994. The summed E-state index contributed by atoms with van der Waals surface area (Å²) in [5.41, 5.74) is 1.26. The Bertz CT molecular complexity index is 313. The quantitative estimate of drug-likeness (QED) is 0.825. The molecule has 2 heterocycles. The average Bonchev–Trinajstić information content (AvgIpc) is 2.73. The smallest absolute Gasteiger partial charge is 0.0518 e. The van der Waals surface area contributed by atoms with Crippen LogP contribution in [0.3, 0.4) is 0 Å². The molecule has 0 saturated carbocycles. The lowest BCUT2D eigenvalue weighted by atomic mass is 10.1. The van der Waals surface area contributed by atoms with Gasteiger partial charge in [-0.05, 0) is 38.5 Å². The molecule has 0 spiro atoms. The van der Waals surface area contributed by atoms with E-state index in [1.165, 1.54) is 38.2 Å². The molecule has 0 bridgehead atoms. The number of nitrogens with zero attached hydrogens (tertiary/aromatic N) is 3. The van der Waals surface area contributed by atoms with Gasteiger partial charge in [0.05, 0.1) is 5.69 Å². The lowest BCUT2D eigenvalue weighted by Gasteiger charge is -2.31. The highest BCUT2D eigenvalue weighted by molar-refractivity contribution is 4.99. The number of nitrogens with one attached hydrogen (secondary N) is 1. The highest BCUT2D eigenvalue weighted by Crippen LogP contribution is 2.10. The van der Waals surface area contributed by atoms with Crippen LogP contribution in [0.1, 0.15) is 25.5 Å². The molecule has 1 saturated heterocycles. The van der Waals surface area contributed by atoms with E-state index in [4.69, 9.17) is 0 Å². The number of piperidine rings is 1. The third-order valence-corrected chi connectivity index (χ3v) is 3.53. The standard InChI is InChI=1S/C12H22N4/c1-3-16-8-5-11(6-9-16)13-10-12-4-7-14-15(12)2/h4,7,11,13H,3,5-6,8-10H2,1-2H3. The van der Waals surface area contributed by atoms with Gasteiger partial charge in [0.1, 0.15) is 0 Å². The summed E-state index contributed by atoms with van der Waals surface area (Å²) in [7, 11) is 2.00. The van der Waals surface area contributed by atoms with Gasteiger partial charge in [-0.15, -0.1) is 0 Å². The van der Waals surface area contributed by atoms with Crippen LogP contribution >= 0.6 is 0 Å². The molecule has 0 unspecified atom stereocenters. The van der Waals surface area contributed by atoms with Crippen molar-refractivity contribution < 1.29 is 0 Å². The van der Waals surface area contributed by atoms with Gasteiger partial charge < -0.3 is 10.2 Å².